The molecule has 1 amide bonds. The van der Waals surface area contributed by atoms with Gasteiger partial charge in [-0.1, -0.05) is 35.9 Å². The number of ether oxygens (including phenoxy) is 2. The fourth-order valence-corrected chi connectivity index (χ4v) is 3.21. The quantitative estimate of drug-likeness (QED) is 0.823. The summed E-state index contributed by atoms with van der Waals surface area (Å²) in [5, 5.41) is 3.21. The van der Waals surface area contributed by atoms with Gasteiger partial charge in [-0.2, -0.15) is 0 Å². The van der Waals surface area contributed by atoms with Crippen LogP contribution in [0.3, 0.4) is 0 Å². The number of carbonyl (C=O) groups is 1. The maximum absolute atomic E-state index is 12.8. The number of methoxy groups -OCH3 is 1. The van der Waals surface area contributed by atoms with Crippen LogP contribution in [0.5, 0.6) is 5.75 Å². The third kappa shape index (κ3) is 4.84. The summed E-state index contributed by atoms with van der Waals surface area (Å²) >= 11 is 0. The van der Waals surface area contributed by atoms with Gasteiger partial charge in [-0.15, -0.1) is 0 Å². The number of carbonyl (C=O) groups excluding carboxylic acids is 1. The zero-order valence-corrected chi connectivity index (χ0v) is 15.5. The Labute approximate surface area is 154 Å². The van der Waals surface area contributed by atoms with E-state index in [1.807, 2.05) is 18.2 Å². The fraction of sp³-hybridized carbons (Fsp3) is 0.381. The zero-order valence-electron chi connectivity index (χ0n) is 15.5. The molecule has 0 bridgehead atoms. The molecule has 0 unspecified atom stereocenters. The number of morpholine rings is 1. The Morgan fingerprint density at radius 1 is 1.19 bits per heavy atom. The molecule has 5 heteroatoms. The molecule has 0 aliphatic carbocycles. The molecule has 2 aromatic carbocycles. The lowest BCUT2D eigenvalue weighted by atomic mass is 10.0. The molecule has 2 N–H and O–H groups in total. The van der Waals surface area contributed by atoms with E-state index in [2.05, 4.69) is 36.5 Å². The molecule has 1 atom stereocenters. The van der Waals surface area contributed by atoms with Crippen molar-refractivity contribution in [3.05, 3.63) is 65.2 Å². The summed E-state index contributed by atoms with van der Waals surface area (Å²) in [7, 11) is 1.61. The number of quaternary nitrogens is 1. The van der Waals surface area contributed by atoms with E-state index in [4.69, 9.17) is 9.47 Å². The first-order valence-electron chi connectivity index (χ1n) is 9.08. The minimum Gasteiger partial charge on any atom is -0.497 e. The van der Waals surface area contributed by atoms with Crippen molar-refractivity contribution in [3.63, 3.8) is 0 Å². The zero-order chi connectivity index (χ0) is 18.4. The molecule has 3 rings (SSSR count). The molecule has 0 aromatic heterocycles. The molecule has 2 aromatic rings. The summed E-state index contributed by atoms with van der Waals surface area (Å²) in [6, 6.07) is 15.6. The smallest absolute Gasteiger partial charge is 0.252 e. The number of hydrogen-bond acceptors (Lipinski definition) is 3. The predicted octanol–water partition coefficient (Wildman–Crippen LogP) is 1.39. The maximum atomic E-state index is 12.8. The summed E-state index contributed by atoms with van der Waals surface area (Å²) in [5.74, 6) is 0.602. The van der Waals surface area contributed by atoms with E-state index in [9.17, 15) is 4.79 Å². The number of aryl methyl sites for hydroxylation is 1. The SMILES string of the molecule is COc1cccc(C(=O)N[C@@H](C[NH+]2CCOCC2)c2ccc(C)cc2)c1. The molecule has 1 saturated heterocycles. The summed E-state index contributed by atoms with van der Waals surface area (Å²) in [4.78, 5) is 14.3. The lowest BCUT2D eigenvalue weighted by Crippen LogP contribution is -3.14. The van der Waals surface area contributed by atoms with Gasteiger partial charge < -0.3 is 19.7 Å². The summed E-state index contributed by atoms with van der Waals surface area (Å²) in [6.07, 6.45) is 0. The maximum Gasteiger partial charge on any atom is 0.252 e. The van der Waals surface area contributed by atoms with Crippen molar-refractivity contribution in [2.75, 3.05) is 40.0 Å². The first-order valence-corrected chi connectivity index (χ1v) is 9.08. The average molecular weight is 355 g/mol. The Bertz CT molecular complexity index is 724. The first-order chi connectivity index (χ1) is 12.7. The van der Waals surface area contributed by atoms with Gasteiger partial charge in [-0.3, -0.25) is 4.79 Å². The van der Waals surface area contributed by atoms with Crippen LogP contribution < -0.4 is 15.0 Å². The molecule has 1 aliphatic heterocycles. The summed E-state index contributed by atoms with van der Waals surface area (Å²) in [6.45, 7) is 6.41. The van der Waals surface area contributed by atoms with Crippen LogP contribution in [0, 0.1) is 6.92 Å². The first kappa shape index (κ1) is 18.4. The molecule has 26 heavy (non-hydrogen) atoms. The van der Waals surface area contributed by atoms with E-state index in [0.29, 0.717) is 11.3 Å². The number of benzene rings is 2. The van der Waals surface area contributed by atoms with Crippen molar-refractivity contribution in [2.24, 2.45) is 0 Å². The van der Waals surface area contributed by atoms with E-state index >= 15 is 0 Å². The highest BCUT2D eigenvalue weighted by atomic mass is 16.5. The fourth-order valence-electron chi connectivity index (χ4n) is 3.21. The molecular formula is C21H27N2O3+. The van der Waals surface area contributed by atoms with Gasteiger partial charge in [0.15, 0.2) is 0 Å². The van der Waals surface area contributed by atoms with Crippen molar-refractivity contribution >= 4 is 5.91 Å². The second kappa shape index (κ2) is 8.83. The van der Waals surface area contributed by atoms with E-state index in [-0.39, 0.29) is 11.9 Å². The number of hydrogen-bond donors (Lipinski definition) is 2. The summed E-state index contributed by atoms with van der Waals surface area (Å²) in [5.41, 5.74) is 2.95. The lowest BCUT2D eigenvalue weighted by molar-refractivity contribution is -0.909. The molecule has 0 radical (unpaired) electrons. The van der Waals surface area contributed by atoms with Crippen molar-refractivity contribution in [3.8, 4) is 5.75 Å². The Hall–Kier alpha value is -2.37. The number of nitrogens with one attached hydrogen (secondary N) is 2. The van der Waals surface area contributed by atoms with Gasteiger partial charge >= 0.3 is 0 Å². The summed E-state index contributed by atoms with van der Waals surface area (Å²) < 4.78 is 10.7. The van der Waals surface area contributed by atoms with Crippen LogP contribution in [-0.2, 0) is 4.74 Å². The monoisotopic (exact) mass is 355 g/mol. The lowest BCUT2D eigenvalue weighted by Gasteiger charge is -2.28. The van der Waals surface area contributed by atoms with Gasteiger partial charge in [-0.25, -0.2) is 0 Å². The van der Waals surface area contributed by atoms with Gasteiger partial charge in [0.1, 0.15) is 31.4 Å². The van der Waals surface area contributed by atoms with Gasteiger partial charge in [0.05, 0.1) is 20.3 Å². The van der Waals surface area contributed by atoms with Gasteiger partial charge in [0, 0.05) is 5.56 Å². The topological polar surface area (TPSA) is 52.0 Å². The highest BCUT2D eigenvalue weighted by Gasteiger charge is 2.23. The molecular weight excluding hydrogens is 328 g/mol. The minimum atomic E-state index is -0.0814. The Kier molecular flexibility index (Phi) is 6.26. The van der Waals surface area contributed by atoms with E-state index in [1.165, 1.54) is 10.5 Å². The molecule has 0 saturated carbocycles. The predicted molar refractivity (Wildman–Crippen MR) is 101 cm³/mol. The number of amides is 1. The van der Waals surface area contributed by atoms with Crippen molar-refractivity contribution in [1.29, 1.82) is 0 Å². The second-order valence-corrected chi connectivity index (χ2v) is 6.74. The minimum absolute atomic E-state index is 0.0394. The molecule has 1 aliphatic rings. The van der Waals surface area contributed by atoms with Crippen molar-refractivity contribution in [1.82, 2.24) is 5.32 Å². The number of rotatable bonds is 6. The largest absolute Gasteiger partial charge is 0.497 e. The van der Waals surface area contributed by atoms with Crippen LogP contribution >= 0.6 is 0 Å². The van der Waals surface area contributed by atoms with Gasteiger partial charge in [0.2, 0.25) is 0 Å². The molecule has 138 valence electrons. The standard InChI is InChI=1S/C21H26N2O3/c1-16-6-8-17(9-7-16)20(15-23-10-12-26-13-11-23)22-21(24)18-4-3-5-19(14-18)25-2/h3-9,14,20H,10-13,15H2,1-2H3,(H,22,24)/p+1/t20-/m0/s1. The normalized spacial score (nSPS) is 16.1. The van der Waals surface area contributed by atoms with E-state index in [0.717, 1.165) is 38.4 Å². The van der Waals surface area contributed by atoms with Crippen molar-refractivity contribution < 1.29 is 19.2 Å². The van der Waals surface area contributed by atoms with Crippen LogP contribution in [0.15, 0.2) is 48.5 Å². The molecule has 1 fully saturated rings. The van der Waals surface area contributed by atoms with Gasteiger partial charge in [0.25, 0.3) is 5.91 Å². The Morgan fingerprint density at radius 2 is 1.92 bits per heavy atom. The Balaban J connectivity index is 1.77. The van der Waals surface area contributed by atoms with E-state index < -0.39 is 0 Å². The van der Waals surface area contributed by atoms with Crippen LogP contribution in [0.4, 0.5) is 0 Å². The van der Waals surface area contributed by atoms with Crippen LogP contribution in [-0.4, -0.2) is 45.9 Å². The average Bonchev–Trinajstić information content (AvgIpc) is 2.69. The van der Waals surface area contributed by atoms with Crippen LogP contribution in [0.25, 0.3) is 0 Å². The molecule has 0 spiro atoms. The third-order valence-corrected chi connectivity index (χ3v) is 4.81. The van der Waals surface area contributed by atoms with Gasteiger partial charge in [-0.05, 0) is 30.7 Å². The molecule has 5 nitrogen and oxygen atoms in total. The highest BCUT2D eigenvalue weighted by molar-refractivity contribution is 5.94. The van der Waals surface area contributed by atoms with Crippen molar-refractivity contribution in [2.45, 2.75) is 13.0 Å². The highest BCUT2D eigenvalue weighted by Crippen LogP contribution is 2.16. The Morgan fingerprint density at radius 3 is 2.62 bits per heavy atom. The van der Waals surface area contributed by atoms with Crippen LogP contribution in [0.1, 0.15) is 27.5 Å². The second-order valence-electron chi connectivity index (χ2n) is 6.74. The molecule has 1 heterocycles. The third-order valence-electron chi connectivity index (χ3n) is 4.81. The van der Waals surface area contributed by atoms with Crippen LogP contribution in [0.2, 0.25) is 0 Å². The van der Waals surface area contributed by atoms with E-state index in [1.54, 1.807) is 13.2 Å².